The highest BCUT2D eigenvalue weighted by atomic mass is 16.9. The normalized spacial score (nSPS) is 13.0. The molecule has 0 spiro atoms. The number of ether oxygens (including phenoxy) is 4. The highest BCUT2D eigenvalue weighted by Gasteiger charge is 2.28. The van der Waals surface area contributed by atoms with Crippen LogP contribution in [0.5, 0.6) is 0 Å². The quantitative estimate of drug-likeness (QED) is 0.124. The van der Waals surface area contributed by atoms with Crippen LogP contribution in [0.25, 0.3) is 0 Å². The molecule has 0 fully saturated rings. The Bertz CT molecular complexity index is 529. The summed E-state index contributed by atoms with van der Waals surface area (Å²) in [5, 5.41) is 18.3. The van der Waals surface area contributed by atoms with Crippen molar-refractivity contribution in [1.82, 2.24) is 0 Å². The van der Waals surface area contributed by atoms with Crippen molar-refractivity contribution in [1.29, 1.82) is 0 Å². The lowest BCUT2D eigenvalue weighted by molar-refractivity contribution is -0.757. The molecule has 28 heavy (non-hydrogen) atoms. The SMILES string of the molecule is CC(OC(=O)OCCCCO[N+](=O)[O-])OC(=O)C(CO)CC(=O)OC(C)(C)C. The number of unbranched alkanes of at least 4 members (excludes halogenated alkanes) is 1. The Balaban J connectivity index is 4.17. The third kappa shape index (κ3) is 13.6. The van der Waals surface area contributed by atoms with Crippen molar-refractivity contribution in [2.24, 2.45) is 5.92 Å². The first kappa shape index (κ1) is 25.4. The minimum Gasteiger partial charge on any atom is -0.460 e. The lowest BCUT2D eigenvalue weighted by Gasteiger charge is -2.21. The fourth-order valence-electron chi connectivity index (χ4n) is 1.76. The summed E-state index contributed by atoms with van der Waals surface area (Å²) in [5.41, 5.74) is -0.739. The first-order chi connectivity index (χ1) is 12.9. The molecule has 1 N–H and O–H groups in total. The molecule has 0 aliphatic rings. The molecule has 12 heteroatoms. The molecule has 2 unspecified atom stereocenters. The summed E-state index contributed by atoms with van der Waals surface area (Å²) >= 11 is 0. The second kappa shape index (κ2) is 12.7. The van der Waals surface area contributed by atoms with Gasteiger partial charge >= 0.3 is 18.1 Å². The lowest BCUT2D eigenvalue weighted by atomic mass is 10.1. The minimum absolute atomic E-state index is 0.0709. The number of carbonyl (C=O) groups excluding carboxylic acids is 3. The van der Waals surface area contributed by atoms with Gasteiger partial charge < -0.3 is 28.9 Å². The van der Waals surface area contributed by atoms with E-state index >= 15 is 0 Å². The molecule has 0 saturated carbocycles. The maximum absolute atomic E-state index is 12.0. The van der Waals surface area contributed by atoms with Gasteiger partial charge in [0.15, 0.2) is 0 Å². The zero-order valence-electron chi connectivity index (χ0n) is 16.4. The summed E-state index contributed by atoms with van der Waals surface area (Å²) < 4.78 is 19.3. The molecule has 0 rings (SSSR count). The van der Waals surface area contributed by atoms with Crippen LogP contribution < -0.4 is 0 Å². The summed E-state index contributed by atoms with van der Waals surface area (Å²) in [6, 6.07) is 0. The van der Waals surface area contributed by atoms with Crippen molar-refractivity contribution in [3.05, 3.63) is 10.1 Å². The van der Waals surface area contributed by atoms with Crippen LogP contribution >= 0.6 is 0 Å². The maximum atomic E-state index is 12.0. The Morgan fingerprint density at radius 2 is 1.71 bits per heavy atom. The largest absolute Gasteiger partial charge is 0.511 e. The monoisotopic (exact) mass is 409 g/mol. The van der Waals surface area contributed by atoms with Crippen molar-refractivity contribution >= 4 is 18.1 Å². The fourth-order valence-corrected chi connectivity index (χ4v) is 1.76. The number of carbonyl (C=O) groups is 3. The van der Waals surface area contributed by atoms with Gasteiger partial charge in [0.1, 0.15) is 5.60 Å². The van der Waals surface area contributed by atoms with Crippen LogP contribution in [-0.4, -0.2) is 60.0 Å². The highest BCUT2D eigenvalue weighted by molar-refractivity contribution is 5.80. The van der Waals surface area contributed by atoms with E-state index in [0.717, 1.165) is 0 Å². The molecular formula is C16H27NO11. The molecule has 0 aromatic heterocycles. The van der Waals surface area contributed by atoms with Crippen LogP contribution in [0, 0.1) is 16.0 Å². The molecule has 162 valence electrons. The predicted octanol–water partition coefficient (Wildman–Crippen LogP) is 1.36. The van der Waals surface area contributed by atoms with Gasteiger partial charge in [-0.1, -0.05) is 0 Å². The van der Waals surface area contributed by atoms with E-state index in [4.69, 9.17) is 18.9 Å². The average Bonchev–Trinajstić information content (AvgIpc) is 2.53. The zero-order valence-corrected chi connectivity index (χ0v) is 16.4. The van der Waals surface area contributed by atoms with Gasteiger partial charge in [-0.25, -0.2) is 4.79 Å². The average molecular weight is 409 g/mol. The molecule has 12 nitrogen and oxygen atoms in total. The highest BCUT2D eigenvalue weighted by Crippen LogP contribution is 2.14. The molecule has 0 bridgehead atoms. The third-order valence-corrected chi connectivity index (χ3v) is 2.89. The van der Waals surface area contributed by atoms with E-state index in [2.05, 4.69) is 4.84 Å². The zero-order chi connectivity index (χ0) is 21.7. The second-order valence-corrected chi connectivity index (χ2v) is 6.65. The van der Waals surface area contributed by atoms with Crippen molar-refractivity contribution < 1.29 is 48.4 Å². The standard InChI is InChI=1S/C16H27NO11/c1-11(27-15(21)24-7-5-6-8-25-17(22)23)26-14(20)12(10-18)9-13(19)28-16(2,3)4/h11-12,18H,5-10H2,1-4H3. The van der Waals surface area contributed by atoms with Crippen LogP contribution in [0.15, 0.2) is 0 Å². The predicted molar refractivity (Wildman–Crippen MR) is 91.2 cm³/mol. The smallest absolute Gasteiger partial charge is 0.460 e. The Morgan fingerprint density at radius 3 is 2.25 bits per heavy atom. The number of hydrogen-bond acceptors (Lipinski definition) is 11. The van der Waals surface area contributed by atoms with Gasteiger partial charge in [-0.05, 0) is 33.6 Å². The summed E-state index contributed by atoms with van der Waals surface area (Å²) in [6.07, 6.45) is -2.22. The van der Waals surface area contributed by atoms with E-state index < -0.39 is 54.0 Å². The molecule has 0 aromatic carbocycles. The fraction of sp³-hybridized carbons (Fsp3) is 0.812. The number of esters is 2. The van der Waals surface area contributed by atoms with Crippen molar-refractivity contribution in [2.75, 3.05) is 19.8 Å². The lowest BCUT2D eigenvalue weighted by Crippen LogP contribution is -2.32. The van der Waals surface area contributed by atoms with Crippen LogP contribution in [0.1, 0.15) is 47.0 Å². The van der Waals surface area contributed by atoms with Crippen LogP contribution in [0.2, 0.25) is 0 Å². The second-order valence-electron chi connectivity index (χ2n) is 6.65. The number of aliphatic hydroxyl groups excluding tert-OH is 1. The number of rotatable bonds is 12. The van der Waals surface area contributed by atoms with Crippen LogP contribution in [0.4, 0.5) is 4.79 Å². The first-order valence-corrected chi connectivity index (χ1v) is 8.58. The van der Waals surface area contributed by atoms with Crippen LogP contribution in [-0.2, 0) is 33.4 Å². The molecule has 2 atom stereocenters. The Morgan fingerprint density at radius 1 is 1.11 bits per heavy atom. The van der Waals surface area contributed by atoms with Gasteiger partial charge in [-0.15, -0.1) is 10.1 Å². The van der Waals surface area contributed by atoms with Gasteiger partial charge in [-0.3, -0.25) is 9.59 Å². The minimum atomic E-state index is -1.31. The van der Waals surface area contributed by atoms with Gasteiger partial charge in [0.2, 0.25) is 6.29 Å². The van der Waals surface area contributed by atoms with Crippen molar-refractivity contribution in [2.45, 2.75) is 58.8 Å². The summed E-state index contributed by atoms with van der Waals surface area (Å²) in [5.74, 6) is -2.79. The molecule has 0 saturated heterocycles. The summed E-state index contributed by atoms with van der Waals surface area (Å²) in [4.78, 5) is 49.2. The topological polar surface area (TPSA) is 161 Å². The molecule has 0 radical (unpaired) electrons. The van der Waals surface area contributed by atoms with Crippen LogP contribution in [0.3, 0.4) is 0 Å². The molecule has 0 aliphatic carbocycles. The van der Waals surface area contributed by atoms with E-state index in [-0.39, 0.29) is 13.2 Å². The van der Waals surface area contributed by atoms with Gasteiger partial charge in [0.25, 0.3) is 5.09 Å². The summed E-state index contributed by atoms with van der Waals surface area (Å²) in [7, 11) is 0. The molecule has 0 aromatic rings. The van der Waals surface area contributed by atoms with E-state index in [1.807, 2.05) is 0 Å². The van der Waals surface area contributed by atoms with E-state index in [0.29, 0.717) is 12.8 Å². The maximum Gasteiger partial charge on any atom is 0.511 e. The van der Waals surface area contributed by atoms with E-state index in [1.54, 1.807) is 20.8 Å². The molecule has 0 heterocycles. The first-order valence-electron chi connectivity index (χ1n) is 8.58. The number of aliphatic hydroxyl groups is 1. The third-order valence-electron chi connectivity index (χ3n) is 2.89. The van der Waals surface area contributed by atoms with Gasteiger partial charge in [0.05, 0.1) is 32.2 Å². The van der Waals surface area contributed by atoms with E-state index in [1.165, 1.54) is 6.92 Å². The number of nitrogens with zero attached hydrogens (tertiary/aromatic N) is 1. The Labute approximate surface area is 162 Å². The Hall–Kier alpha value is -2.63. The molecular weight excluding hydrogens is 382 g/mol. The number of hydrogen-bond donors (Lipinski definition) is 1. The van der Waals surface area contributed by atoms with Crippen molar-refractivity contribution in [3.63, 3.8) is 0 Å². The molecule has 0 aliphatic heterocycles. The molecule has 0 amide bonds. The summed E-state index contributed by atoms with van der Waals surface area (Å²) in [6.45, 7) is 5.39. The van der Waals surface area contributed by atoms with Gasteiger partial charge in [-0.2, -0.15) is 0 Å². The van der Waals surface area contributed by atoms with Crippen molar-refractivity contribution in [3.8, 4) is 0 Å². The van der Waals surface area contributed by atoms with E-state index in [9.17, 15) is 29.6 Å². The van der Waals surface area contributed by atoms with Gasteiger partial charge in [0, 0.05) is 6.92 Å². The Kier molecular flexibility index (Phi) is 11.5.